The van der Waals surface area contributed by atoms with Crippen LogP contribution in [0.2, 0.25) is 0 Å². The molecule has 266 valence electrons. The summed E-state index contributed by atoms with van der Waals surface area (Å²) in [5.41, 5.74) is 18.2. The maximum Gasteiger partial charge on any atom is 0.136 e. The van der Waals surface area contributed by atoms with Crippen molar-refractivity contribution in [1.29, 1.82) is 0 Å². The minimum Gasteiger partial charge on any atom is -0.456 e. The first-order valence-electron chi connectivity index (χ1n) is 19.8. The van der Waals surface area contributed by atoms with E-state index in [1.165, 1.54) is 82.4 Å². The van der Waals surface area contributed by atoms with Crippen LogP contribution in [0.25, 0.3) is 76.9 Å². The van der Waals surface area contributed by atoms with Gasteiger partial charge in [0.2, 0.25) is 0 Å². The molecule has 0 amide bonds. The van der Waals surface area contributed by atoms with Crippen molar-refractivity contribution in [3.05, 3.63) is 186 Å². The second kappa shape index (κ2) is 11.0. The van der Waals surface area contributed by atoms with Crippen molar-refractivity contribution in [3.8, 4) is 33.4 Å². The van der Waals surface area contributed by atoms with Crippen LogP contribution in [0.4, 0.5) is 17.1 Å². The molecule has 9 aromatic carbocycles. The number of hydrogen-bond donors (Lipinski definition) is 0. The third kappa shape index (κ3) is 4.11. The normalized spacial score (nSPS) is 14.7. The van der Waals surface area contributed by atoms with Crippen LogP contribution in [-0.4, -0.2) is 0 Å². The van der Waals surface area contributed by atoms with E-state index in [0.29, 0.717) is 0 Å². The minimum atomic E-state index is -0.133. The van der Waals surface area contributed by atoms with Gasteiger partial charge in [-0.05, 0) is 120 Å². The summed E-state index contributed by atoms with van der Waals surface area (Å²) in [6.45, 7) is 9.49. The number of nitrogens with zero attached hydrogens (tertiary/aromatic N) is 1. The Kier molecular flexibility index (Phi) is 6.22. The predicted octanol–water partition coefficient (Wildman–Crippen LogP) is 15.1. The summed E-state index contributed by atoms with van der Waals surface area (Å²) in [6.07, 6.45) is 0. The molecule has 2 nitrogen and oxygen atoms in total. The minimum absolute atomic E-state index is 0.133. The summed E-state index contributed by atoms with van der Waals surface area (Å²) < 4.78 is 6.71. The zero-order chi connectivity index (χ0) is 37.5. The van der Waals surface area contributed by atoms with Gasteiger partial charge in [0, 0.05) is 38.4 Å². The van der Waals surface area contributed by atoms with Crippen molar-refractivity contribution in [3.63, 3.8) is 0 Å². The highest BCUT2D eigenvalue weighted by molar-refractivity contribution is 6.35. The lowest BCUT2D eigenvalue weighted by molar-refractivity contribution is 0.660. The summed E-state index contributed by atoms with van der Waals surface area (Å²) in [5.74, 6) is 0. The number of rotatable bonds is 4. The van der Waals surface area contributed by atoms with Crippen molar-refractivity contribution in [2.24, 2.45) is 0 Å². The molecule has 10 aromatic rings. The molecule has 56 heavy (non-hydrogen) atoms. The van der Waals surface area contributed by atoms with Crippen molar-refractivity contribution in [2.45, 2.75) is 38.5 Å². The van der Waals surface area contributed by atoms with E-state index in [0.717, 1.165) is 33.8 Å². The van der Waals surface area contributed by atoms with Crippen molar-refractivity contribution < 1.29 is 4.42 Å². The summed E-state index contributed by atoms with van der Waals surface area (Å²) in [5, 5.41) is 7.25. The van der Waals surface area contributed by atoms with Crippen molar-refractivity contribution in [2.75, 3.05) is 4.90 Å². The Balaban J connectivity index is 1.17. The maximum absolute atomic E-state index is 6.71. The lowest BCUT2D eigenvalue weighted by Gasteiger charge is -2.31. The molecule has 2 aliphatic carbocycles. The first-order valence-corrected chi connectivity index (χ1v) is 19.8. The zero-order valence-corrected chi connectivity index (χ0v) is 31.9. The Morgan fingerprint density at radius 3 is 1.59 bits per heavy atom. The molecule has 0 fully saturated rings. The van der Waals surface area contributed by atoms with E-state index in [-0.39, 0.29) is 10.8 Å². The molecule has 2 aliphatic rings. The third-order valence-corrected chi connectivity index (χ3v) is 13.2. The monoisotopic (exact) mass is 717 g/mol. The molecular formula is C54H39NO. The Morgan fingerprint density at radius 1 is 0.375 bits per heavy atom. The lowest BCUT2D eigenvalue weighted by atomic mass is 9.82. The predicted molar refractivity (Wildman–Crippen MR) is 235 cm³/mol. The van der Waals surface area contributed by atoms with E-state index < -0.39 is 0 Å². The molecule has 0 saturated heterocycles. The second-order valence-corrected chi connectivity index (χ2v) is 16.9. The van der Waals surface area contributed by atoms with E-state index in [4.69, 9.17) is 4.42 Å². The molecule has 0 bridgehead atoms. The van der Waals surface area contributed by atoms with Gasteiger partial charge < -0.3 is 9.32 Å². The third-order valence-electron chi connectivity index (χ3n) is 13.2. The fraction of sp³-hybridized carbons (Fsp3) is 0.111. The van der Waals surface area contributed by atoms with Crippen LogP contribution in [0.3, 0.4) is 0 Å². The first-order chi connectivity index (χ1) is 27.3. The largest absolute Gasteiger partial charge is 0.456 e. The summed E-state index contributed by atoms with van der Waals surface area (Å²) >= 11 is 0. The fourth-order valence-corrected chi connectivity index (χ4v) is 10.5. The number of hydrogen-bond acceptors (Lipinski definition) is 2. The Labute approximate surface area is 326 Å². The van der Waals surface area contributed by atoms with Gasteiger partial charge in [-0.1, -0.05) is 143 Å². The molecule has 0 unspecified atom stereocenters. The molecule has 0 saturated carbocycles. The van der Waals surface area contributed by atoms with E-state index in [9.17, 15) is 0 Å². The summed E-state index contributed by atoms with van der Waals surface area (Å²) in [7, 11) is 0. The highest BCUT2D eigenvalue weighted by Gasteiger charge is 2.38. The average Bonchev–Trinajstić information content (AvgIpc) is 3.81. The SMILES string of the molecule is CC1(C)c2ccccc2-c2ccc(N(c3ccc4c(c3)C(C)(C)c3ccccc3-4)c3cccc4c5cc(-c6ccccc6)cc6oc7cccc(c34)c7c65)cc21. The number of furan rings is 1. The van der Waals surface area contributed by atoms with Gasteiger partial charge in [0.05, 0.1) is 5.69 Å². The highest BCUT2D eigenvalue weighted by atomic mass is 16.3. The molecule has 0 N–H and O–H groups in total. The van der Waals surface area contributed by atoms with Gasteiger partial charge in [-0.2, -0.15) is 0 Å². The average molecular weight is 718 g/mol. The van der Waals surface area contributed by atoms with Gasteiger partial charge in [-0.3, -0.25) is 0 Å². The summed E-state index contributed by atoms with van der Waals surface area (Å²) in [6, 6.07) is 60.8. The maximum atomic E-state index is 6.71. The van der Waals surface area contributed by atoms with Crippen LogP contribution < -0.4 is 4.90 Å². The molecule has 1 aromatic heterocycles. The van der Waals surface area contributed by atoms with E-state index in [1.807, 2.05) is 0 Å². The van der Waals surface area contributed by atoms with E-state index in [1.54, 1.807) is 0 Å². The standard InChI is InChI=1S/C54H39NO/c1-53(2)43-20-10-8-16-36(43)38-26-24-34(30-45(38)53)55(35-25-27-39-37-17-9-11-21-44(37)54(3,4)46(39)31-35)47-22-12-18-40-42-28-33(32-14-6-5-7-15-32)29-49-52(42)51-41(50(40)47)19-13-23-48(51)56-49/h5-31H,1-4H3. The molecule has 12 rings (SSSR count). The number of fused-ring (bicyclic) bond motifs is 9. The van der Waals surface area contributed by atoms with Gasteiger partial charge in [0.1, 0.15) is 11.2 Å². The van der Waals surface area contributed by atoms with Gasteiger partial charge in [-0.25, -0.2) is 0 Å². The molecule has 0 spiro atoms. The van der Waals surface area contributed by atoms with E-state index in [2.05, 4.69) is 196 Å². The lowest BCUT2D eigenvalue weighted by Crippen LogP contribution is -2.18. The van der Waals surface area contributed by atoms with Crippen molar-refractivity contribution >= 4 is 60.5 Å². The van der Waals surface area contributed by atoms with E-state index >= 15 is 0 Å². The molecule has 0 radical (unpaired) electrons. The van der Waals surface area contributed by atoms with Crippen LogP contribution >= 0.6 is 0 Å². The molecule has 1 heterocycles. The van der Waals surface area contributed by atoms with Crippen molar-refractivity contribution in [1.82, 2.24) is 0 Å². The highest BCUT2D eigenvalue weighted by Crippen LogP contribution is 2.55. The van der Waals surface area contributed by atoms with Crippen LogP contribution in [-0.2, 0) is 10.8 Å². The van der Waals surface area contributed by atoms with Gasteiger partial charge >= 0.3 is 0 Å². The molecular weight excluding hydrogens is 679 g/mol. The smallest absolute Gasteiger partial charge is 0.136 e. The van der Waals surface area contributed by atoms with Crippen LogP contribution in [0.5, 0.6) is 0 Å². The molecule has 0 atom stereocenters. The van der Waals surface area contributed by atoms with Gasteiger partial charge in [-0.15, -0.1) is 0 Å². The Hall–Kier alpha value is -6.64. The van der Waals surface area contributed by atoms with Crippen LogP contribution in [0, 0.1) is 0 Å². The second-order valence-electron chi connectivity index (χ2n) is 16.9. The van der Waals surface area contributed by atoms with Gasteiger partial charge in [0.25, 0.3) is 0 Å². The molecule has 2 heteroatoms. The van der Waals surface area contributed by atoms with Crippen LogP contribution in [0.1, 0.15) is 49.9 Å². The first kappa shape index (κ1) is 31.7. The fourth-order valence-electron chi connectivity index (χ4n) is 10.5. The van der Waals surface area contributed by atoms with Gasteiger partial charge in [0.15, 0.2) is 0 Å². The number of anilines is 3. The Bertz CT molecular complexity index is 3150. The number of benzene rings is 9. The Morgan fingerprint density at radius 2 is 0.929 bits per heavy atom. The quantitative estimate of drug-likeness (QED) is 0.169. The topological polar surface area (TPSA) is 16.4 Å². The molecule has 0 aliphatic heterocycles. The van der Waals surface area contributed by atoms with Crippen LogP contribution in [0.15, 0.2) is 168 Å². The zero-order valence-electron chi connectivity index (χ0n) is 31.9. The summed E-state index contributed by atoms with van der Waals surface area (Å²) in [4.78, 5) is 2.53.